The summed E-state index contributed by atoms with van der Waals surface area (Å²) in [6, 6.07) is 11.6. The minimum absolute atomic E-state index is 0.0787. The van der Waals surface area contributed by atoms with Crippen LogP contribution in [0.15, 0.2) is 47.4 Å². The van der Waals surface area contributed by atoms with Crippen molar-refractivity contribution in [2.75, 3.05) is 0 Å². The molecule has 4 nitrogen and oxygen atoms in total. The number of benzene rings is 1. The number of nitrogens with zero attached hydrogens (tertiary/aromatic N) is 1. The molecule has 1 unspecified atom stereocenters. The number of rotatable bonds is 7. The molecule has 0 bridgehead atoms. The number of fused-ring (bicyclic) bond motifs is 1. The second-order valence-electron chi connectivity index (χ2n) is 7.10. The minimum atomic E-state index is -0.459. The summed E-state index contributed by atoms with van der Waals surface area (Å²) in [4.78, 5) is 23.7. The van der Waals surface area contributed by atoms with Gasteiger partial charge in [-0.05, 0) is 55.2 Å². The normalized spacial score (nSPS) is 15.1. The Morgan fingerprint density at radius 2 is 1.88 bits per heavy atom. The first-order valence-corrected chi connectivity index (χ1v) is 8.97. The molecule has 0 fully saturated rings. The van der Waals surface area contributed by atoms with Gasteiger partial charge in [-0.2, -0.15) is 0 Å². The summed E-state index contributed by atoms with van der Waals surface area (Å²) < 4.78 is 1.44. The van der Waals surface area contributed by atoms with Gasteiger partial charge in [0.1, 0.15) is 0 Å². The van der Waals surface area contributed by atoms with Crippen molar-refractivity contribution in [1.29, 1.82) is 0 Å². The SMILES string of the molecule is Cn1ccc(C(=O)CCC(O)CCC2Cc3ccccc3C2)cc1=O. The minimum Gasteiger partial charge on any atom is -0.393 e. The molecule has 4 heteroatoms. The summed E-state index contributed by atoms with van der Waals surface area (Å²) in [5.74, 6) is 0.518. The van der Waals surface area contributed by atoms with Crippen molar-refractivity contribution < 1.29 is 9.90 Å². The first-order chi connectivity index (χ1) is 12.0. The molecule has 0 radical (unpaired) electrons. The van der Waals surface area contributed by atoms with Crippen molar-refractivity contribution in [2.45, 2.75) is 44.6 Å². The van der Waals surface area contributed by atoms with Crippen LogP contribution in [0.4, 0.5) is 0 Å². The standard InChI is InChI=1S/C21H25NO3/c1-22-11-10-18(14-21(22)25)20(24)9-8-19(23)7-6-15-12-16-4-2-3-5-17(16)13-15/h2-5,10-11,14-15,19,23H,6-9,12-13H2,1H3. The van der Waals surface area contributed by atoms with Gasteiger partial charge in [0.2, 0.25) is 0 Å². The fourth-order valence-corrected chi connectivity index (χ4v) is 3.59. The second-order valence-corrected chi connectivity index (χ2v) is 7.10. The van der Waals surface area contributed by atoms with Crippen LogP contribution in [0.1, 0.15) is 47.2 Å². The van der Waals surface area contributed by atoms with E-state index in [9.17, 15) is 14.7 Å². The van der Waals surface area contributed by atoms with Gasteiger partial charge in [0.15, 0.2) is 5.78 Å². The maximum absolute atomic E-state index is 12.2. The van der Waals surface area contributed by atoms with Gasteiger partial charge in [0, 0.05) is 31.3 Å². The molecule has 1 aliphatic rings. The highest BCUT2D eigenvalue weighted by atomic mass is 16.3. The van der Waals surface area contributed by atoms with Crippen molar-refractivity contribution in [3.63, 3.8) is 0 Å². The summed E-state index contributed by atoms with van der Waals surface area (Å²) >= 11 is 0. The van der Waals surface area contributed by atoms with Gasteiger partial charge >= 0.3 is 0 Å². The van der Waals surface area contributed by atoms with E-state index < -0.39 is 6.10 Å². The van der Waals surface area contributed by atoms with Gasteiger partial charge in [-0.3, -0.25) is 9.59 Å². The van der Waals surface area contributed by atoms with Crippen LogP contribution < -0.4 is 5.56 Å². The first-order valence-electron chi connectivity index (χ1n) is 8.97. The summed E-state index contributed by atoms with van der Waals surface area (Å²) in [5.41, 5.74) is 3.11. The van der Waals surface area contributed by atoms with Crippen molar-refractivity contribution in [3.8, 4) is 0 Å². The molecule has 3 rings (SSSR count). The second kappa shape index (κ2) is 7.79. The predicted octanol–water partition coefficient (Wildman–Crippen LogP) is 2.90. The Kier molecular flexibility index (Phi) is 5.49. The lowest BCUT2D eigenvalue weighted by Gasteiger charge is -2.13. The average Bonchev–Trinajstić information content (AvgIpc) is 3.03. The van der Waals surface area contributed by atoms with Crippen molar-refractivity contribution in [3.05, 3.63) is 69.6 Å². The molecule has 1 aliphatic carbocycles. The van der Waals surface area contributed by atoms with E-state index in [4.69, 9.17) is 0 Å². The van der Waals surface area contributed by atoms with E-state index in [0.717, 1.165) is 25.7 Å². The Labute approximate surface area is 148 Å². The molecule has 0 amide bonds. The highest BCUT2D eigenvalue weighted by molar-refractivity contribution is 5.95. The van der Waals surface area contributed by atoms with Gasteiger partial charge in [-0.25, -0.2) is 0 Å². The molecular formula is C21H25NO3. The number of aromatic nitrogens is 1. The summed E-state index contributed by atoms with van der Waals surface area (Å²) in [7, 11) is 1.65. The summed E-state index contributed by atoms with van der Waals surface area (Å²) in [6.45, 7) is 0. The van der Waals surface area contributed by atoms with E-state index in [2.05, 4.69) is 24.3 Å². The third-order valence-electron chi connectivity index (χ3n) is 5.17. The zero-order chi connectivity index (χ0) is 17.8. The average molecular weight is 339 g/mol. The Bertz CT molecular complexity index is 784. The van der Waals surface area contributed by atoms with E-state index in [0.29, 0.717) is 17.9 Å². The maximum atomic E-state index is 12.2. The third-order valence-corrected chi connectivity index (χ3v) is 5.17. The van der Waals surface area contributed by atoms with E-state index >= 15 is 0 Å². The smallest absolute Gasteiger partial charge is 0.250 e. The molecule has 0 spiro atoms. The molecule has 2 aromatic rings. The quantitative estimate of drug-likeness (QED) is 0.789. The molecule has 1 heterocycles. The molecular weight excluding hydrogens is 314 g/mol. The highest BCUT2D eigenvalue weighted by Crippen LogP contribution is 2.30. The fraction of sp³-hybridized carbons (Fsp3) is 0.429. The van der Waals surface area contributed by atoms with Crippen molar-refractivity contribution >= 4 is 5.78 Å². The van der Waals surface area contributed by atoms with Crippen LogP contribution in [0.25, 0.3) is 0 Å². The predicted molar refractivity (Wildman–Crippen MR) is 97.8 cm³/mol. The monoisotopic (exact) mass is 339 g/mol. The third kappa shape index (κ3) is 4.45. The Morgan fingerprint density at radius 3 is 2.52 bits per heavy atom. The van der Waals surface area contributed by atoms with Gasteiger partial charge in [-0.1, -0.05) is 24.3 Å². The zero-order valence-electron chi connectivity index (χ0n) is 14.6. The number of hydrogen-bond donors (Lipinski definition) is 1. The number of hydrogen-bond acceptors (Lipinski definition) is 3. The molecule has 0 saturated carbocycles. The van der Waals surface area contributed by atoms with Gasteiger partial charge in [0.05, 0.1) is 6.10 Å². The van der Waals surface area contributed by atoms with Gasteiger partial charge in [0.25, 0.3) is 5.56 Å². The van der Waals surface area contributed by atoms with Crippen LogP contribution >= 0.6 is 0 Å². The van der Waals surface area contributed by atoms with Gasteiger partial charge in [-0.15, -0.1) is 0 Å². The highest BCUT2D eigenvalue weighted by Gasteiger charge is 2.21. The number of Topliss-reactive ketones (excluding diaryl/α,β-unsaturated/α-hetero) is 1. The van der Waals surface area contributed by atoms with Crippen LogP contribution in [0.3, 0.4) is 0 Å². The number of aliphatic hydroxyl groups excluding tert-OH is 1. The van der Waals surface area contributed by atoms with Crippen LogP contribution in [0.5, 0.6) is 0 Å². The van der Waals surface area contributed by atoms with Crippen molar-refractivity contribution in [2.24, 2.45) is 13.0 Å². The van der Waals surface area contributed by atoms with Crippen LogP contribution in [0.2, 0.25) is 0 Å². The number of aryl methyl sites for hydroxylation is 1. The Hall–Kier alpha value is -2.20. The number of aliphatic hydroxyl groups is 1. The van der Waals surface area contributed by atoms with Crippen LogP contribution in [-0.4, -0.2) is 21.6 Å². The molecule has 1 atom stereocenters. The van der Waals surface area contributed by atoms with Crippen LogP contribution in [0, 0.1) is 5.92 Å². The molecule has 0 saturated heterocycles. The molecule has 1 aromatic carbocycles. The Morgan fingerprint density at radius 1 is 1.20 bits per heavy atom. The lowest BCUT2D eigenvalue weighted by molar-refractivity contribution is 0.0927. The van der Waals surface area contributed by atoms with E-state index in [-0.39, 0.29) is 17.8 Å². The zero-order valence-corrected chi connectivity index (χ0v) is 14.6. The summed E-state index contributed by atoms with van der Waals surface area (Å²) in [6.07, 6.45) is 5.76. The maximum Gasteiger partial charge on any atom is 0.250 e. The number of carbonyl (C=O) groups is 1. The Balaban J connectivity index is 1.42. The van der Waals surface area contributed by atoms with Gasteiger partial charge < -0.3 is 9.67 Å². The van der Waals surface area contributed by atoms with E-state index in [1.165, 1.54) is 21.8 Å². The molecule has 0 aliphatic heterocycles. The molecule has 132 valence electrons. The largest absolute Gasteiger partial charge is 0.393 e. The van der Waals surface area contributed by atoms with Crippen molar-refractivity contribution in [1.82, 2.24) is 4.57 Å². The molecule has 25 heavy (non-hydrogen) atoms. The lowest BCUT2D eigenvalue weighted by Crippen LogP contribution is -2.18. The molecule has 1 N–H and O–H groups in total. The fourth-order valence-electron chi connectivity index (χ4n) is 3.59. The summed E-state index contributed by atoms with van der Waals surface area (Å²) in [5, 5.41) is 10.2. The first kappa shape index (κ1) is 17.6. The number of ketones is 1. The molecule has 1 aromatic heterocycles. The number of carbonyl (C=O) groups excluding carboxylic acids is 1. The lowest BCUT2D eigenvalue weighted by atomic mass is 9.95. The van der Waals surface area contributed by atoms with Crippen LogP contribution in [-0.2, 0) is 19.9 Å². The van der Waals surface area contributed by atoms with E-state index in [1.54, 1.807) is 19.3 Å². The number of pyridine rings is 1. The van der Waals surface area contributed by atoms with E-state index in [1.807, 2.05) is 0 Å². The topological polar surface area (TPSA) is 59.3 Å².